The quantitative estimate of drug-likeness (QED) is 0.352. The normalized spacial score (nSPS) is 21.0. The Kier molecular flexibility index (Phi) is 7.22. The van der Waals surface area contributed by atoms with Crippen LogP contribution in [0.2, 0.25) is 0 Å². The van der Waals surface area contributed by atoms with Crippen LogP contribution in [0.1, 0.15) is 47.8 Å². The first kappa shape index (κ1) is 28.1. The first-order valence-electron chi connectivity index (χ1n) is 14.9. The SMILES string of the molecule is CC1(O)CN(CCCN2CCc3nccc(OC4CC5(C4)CN(c4ncnnc4Oc4ccc(F)cc4C=O)C5)c3C2)C1. The molecule has 0 bridgehead atoms. The van der Waals surface area contributed by atoms with E-state index in [-0.39, 0.29) is 28.7 Å². The number of rotatable bonds is 10. The Hall–Kier alpha value is -3.74. The van der Waals surface area contributed by atoms with Gasteiger partial charge in [-0.15, -0.1) is 10.2 Å². The lowest BCUT2D eigenvalue weighted by Gasteiger charge is -2.58. The van der Waals surface area contributed by atoms with E-state index in [4.69, 9.17) is 9.47 Å². The number of pyridine rings is 1. The van der Waals surface area contributed by atoms with Crippen molar-refractivity contribution >= 4 is 12.1 Å². The largest absolute Gasteiger partial charge is 0.490 e. The van der Waals surface area contributed by atoms with Crippen LogP contribution in [0.3, 0.4) is 0 Å². The number of aldehydes is 1. The smallest absolute Gasteiger partial charge is 0.282 e. The average Bonchev–Trinajstić information content (AvgIpc) is 2.94. The molecule has 7 rings (SSSR count). The number of aliphatic hydroxyl groups is 1. The number of fused-ring (bicyclic) bond motifs is 1. The lowest BCUT2D eigenvalue weighted by atomic mass is 9.61. The highest BCUT2D eigenvalue weighted by Crippen LogP contribution is 2.52. The van der Waals surface area contributed by atoms with Gasteiger partial charge in [0.2, 0.25) is 0 Å². The van der Waals surface area contributed by atoms with Gasteiger partial charge in [-0.3, -0.25) is 19.6 Å². The first-order valence-corrected chi connectivity index (χ1v) is 14.9. The molecular formula is C31H36FN7O4. The Morgan fingerprint density at radius 2 is 1.91 bits per heavy atom. The molecule has 3 aromatic rings. The average molecular weight is 590 g/mol. The molecule has 226 valence electrons. The van der Waals surface area contributed by atoms with Gasteiger partial charge in [0, 0.05) is 68.6 Å². The Morgan fingerprint density at radius 3 is 2.70 bits per heavy atom. The lowest BCUT2D eigenvalue weighted by Crippen LogP contribution is -2.65. The molecule has 1 aromatic carbocycles. The number of hydrogen-bond donors (Lipinski definition) is 1. The van der Waals surface area contributed by atoms with Gasteiger partial charge in [-0.25, -0.2) is 9.37 Å². The zero-order valence-corrected chi connectivity index (χ0v) is 24.3. The van der Waals surface area contributed by atoms with Crippen molar-refractivity contribution in [2.24, 2.45) is 5.41 Å². The third-order valence-electron chi connectivity index (χ3n) is 9.07. The van der Waals surface area contributed by atoms with Gasteiger partial charge >= 0.3 is 0 Å². The molecule has 1 spiro atoms. The summed E-state index contributed by atoms with van der Waals surface area (Å²) in [6.45, 7) is 8.91. The Balaban J connectivity index is 0.925. The van der Waals surface area contributed by atoms with Crippen molar-refractivity contribution in [3.05, 3.63) is 59.4 Å². The van der Waals surface area contributed by atoms with Crippen molar-refractivity contribution in [2.45, 2.75) is 50.9 Å². The van der Waals surface area contributed by atoms with Crippen LogP contribution in [0, 0.1) is 11.2 Å². The number of β-amino-alcohol motifs (C(OH)–C–C–N with tert-alkyl or cyclic N) is 1. The summed E-state index contributed by atoms with van der Waals surface area (Å²) in [6, 6.07) is 5.76. The highest BCUT2D eigenvalue weighted by atomic mass is 19.1. The van der Waals surface area contributed by atoms with E-state index in [9.17, 15) is 14.3 Å². The van der Waals surface area contributed by atoms with Gasteiger partial charge in [-0.05, 0) is 63.5 Å². The number of carbonyl (C=O) groups is 1. The van der Waals surface area contributed by atoms with E-state index in [0.717, 1.165) is 95.6 Å². The molecule has 0 amide bonds. The molecule has 11 nitrogen and oxygen atoms in total. The molecule has 1 saturated carbocycles. The number of aromatic nitrogens is 4. The number of benzene rings is 1. The van der Waals surface area contributed by atoms with Gasteiger partial charge in [0.1, 0.15) is 29.7 Å². The van der Waals surface area contributed by atoms with Gasteiger partial charge in [0.25, 0.3) is 5.88 Å². The van der Waals surface area contributed by atoms with Gasteiger partial charge in [-0.2, -0.15) is 0 Å². The maximum atomic E-state index is 13.6. The zero-order chi connectivity index (χ0) is 29.6. The minimum absolute atomic E-state index is 0.0963. The zero-order valence-electron chi connectivity index (χ0n) is 24.3. The number of hydrogen-bond acceptors (Lipinski definition) is 11. The van der Waals surface area contributed by atoms with Crippen molar-refractivity contribution in [3.63, 3.8) is 0 Å². The van der Waals surface area contributed by atoms with Crippen LogP contribution in [-0.4, -0.2) is 98.9 Å². The fourth-order valence-corrected chi connectivity index (χ4v) is 7.05. The number of likely N-dealkylation sites (tertiary alicyclic amines) is 1. The van der Waals surface area contributed by atoms with E-state index >= 15 is 0 Å². The summed E-state index contributed by atoms with van der Waals surface area (Å²) < 4.78 is 26.0. The highest BCUT2D eigenvalue weighted by Gasteiger charge is 2.54. The number of anilines is 1. The second-order valence-electron chi connectivity index (χ2n) is 12.8. The van der Waals surface area contributed by atoms with Crippen LogP contribution in [0.4, 0.5) is 10.2 Å². The summed E-state index contributed by atoms with van der Waals surface area (Å²) in [7, 11) is 0. The van der Waals surface area contributed by atoms with Gasteiger partial charge < -0.3 is 19.5 Å². The molecule has 0 atom stereocenters. The van der Waals surface area contributed by atoms with E-state index in [2.05, 4.69) is 34.9 Å². The minimum atomic E-state index is -0.516. The van der Waals surface area contributed by atoms with E-state index in [1.54, 1.807) is 0 Å². The number of halogens is 1. The van der Waals surface area contributed by atoms with Crippen molar-refractivity contribution in [1.29, 1.82) is 0 Å². The van der Waals surface area contributed by atoms with Gasteiger partial charge in [0.15, 0.2) is 12.1 Å². The van der Waals surface area contributed by atoms with Crippen LogP contribution in [0.25, 0.3) is 0 Å². The maximum Gasteiger partial charge on any atom is 0.282 e. The highest BCUT2D eigenvalue weighted by molar-refractivity contribution is 5.79. The van der Waals surface area contributed by atoms with Gasteiger partial charge in [0.05, 0.1) is 11.2 Å². The Labute approximate surface area is 249 Å². The number of carbonyl (C=O) groups excluding carboxylic acids is 1. The summed E-state index contributed by atoms with van der Waals surface area (Å²) >= 11 is 0. The van der Waals surface area contributed by atoms with Crippen LogP contribution in [-0.2, 0) is 13.0 Å². The first-order chi connectivity index (χ1) is 20.8. The molecule has 3 aliphatic heterocycles. The molecule has 12 heteroatoms. The van der Waals surface area contributed by atoms with Crippen LogP contribution in [0.15, 0.2) is 36.8 Å². The molecule has 5 heterocycles. The fourth-order valence-electron chi connectivity index (χ4n) is 7.05. The third-order valence-corrected chi connectivity index (χ3v) is 9.07. The van der Waals surface area contributed by atoms with Crippen molar-refractivity contribution in [3.8, 4) is 17.4 Å². The van der Waals surface area contributed by atoms with E-state index in [1.807, 2.05) is 19.2 Å². The molecule has 3 fully saturated rings. The molecule has 0 unspecified atom stereocenters. The Morgan fingerprint density at radius 1 is 1.09 bits per heavy atom. The van der Waals surface area contributed by atoms with Crippen LogP contribution in [0.5, 0.6) is 17.4 Å². The predicted octanol–water partition coefficient (Wildman–Crippen LogP) is 2.87. The van der Waals surface area contributed by atoms with Crippen molar-refractivity contribution in [1.82, 2.24) is 30.0 Å². The molecule has 43 heavy (non-hydrogen) atoms. The monoisotopic (exact) mass is 589 g/mol. The molecule has 2 saturated heterocycles. The van der Waals surface area contributed by atoms with Gasteiger partial charge in [-0.1, -0.05) is 0 Å². The minimum Gasteiger partial charge on any atom is -0.490 e. The van der Waals surface area contributed by atoms with Crippen LogP contribution < -0.4 is 14.4 Å². The summed E-state index contributed by atoms with van der Waals surface area (Å²) in [5.74, 6) is 1.37. The standard InChI is InChI=1S/C31H36FN7O4/c1-30(41)16-38(17-30)9-2-8-37-10-6-25-24(14-37)27(5-7-33-25)42-23-12-31(13-23)18-39(19-31)28-29(36-35-20-34-28)43-26-4-3-22(32)11-21(26)15-40/h3-5,7,11,15,20,23,41H,2,6,8-10,12-14,16-19H2,1H3. The molecule has 4 aliphatic rings. The summed E-state index contributed by atoms with van der Waals surface area (Å²) in [6.07, 6.45) is 7.84. The summed E-state index contributed by atoms with van der Waals surface area (Å²) in [5.41, 5.74) is 2.08. The summed E-state index contributed by atoms with van der Waals surface area (Å²) in [5, 5.41) is 17.9. The van der Waals surface area contributed by atoms with E-state index in [1.165, 1.54) is 24.0 Å². The van der Waals surface area contributed by atoms with Crippen LogP contribution >= 0.6 is 0 Å². The Bertz CT molecular complexity index is 1500. The van der Waals surface area contributed by atoms with E-state index < -0.39 is 11.4 Å². The van der Waals surface area contributed by atoms with Crippen molar-refractivity contribution < 1.29 is 23.8 Å². The second kappa shape index (κ2) is 11.1. The molecular weight excluding hydrogens is 553 g/mol. The number of ether oxygens (including phenoxy) is 2. The van der Waals surface area contributed by atoms with Crippen molar-refractivity contribution in [2.75, 3.05) is 50.7 Å². The molecule has 2 aromatic heterocycles. The lowest BCUT2D eigenvalue weighted by molar-refractivity contribution is -0.0838. The predicted molar refractivity (Wildman–Crippen MR) is 155 cm³/mol. The molecule has 1 aliphatic carbocycles. The fraction of sp³-hybridized carbons (Fsp3) is 0.516. The molecule has 1 N–H and O–H groups in total. The summed E-state index contributed by atoms with van der Waals surface area (Å²) in [4.78, 5) is 27.3. The topological polar surface area (TPSA) is 117 Å². The maximum absolute atomic E-state index is 13.6. The molecule has 0 radical (unpaired) electrons. The third kappa shape index (κ3) is 5.78. The van der Waals surface area contributed by atoms with E-state index in [0.29, 0.717) is 12.1 Å². The number of nitrogens with zero attached hydrogens (tertiary/aromatic N) is 7. The second-order valence-corrected chi connectivity index (χ2v) is 12.8.